The van der Waals surface area contributed by atoms with Gasteiger partial charge in [-0.2, -0.15) is 0 Å². The Kier molecular flexibility index (Phi) is 8.07. The Morgan fingerprint density at radius 2 is 1.73 bits per heavy atom. The summed E-state index contributed by atoms with van der Waals surface area (Å²) < 4.78 is 11.2. The number of ether oxygens (including phenoxy) is 2. The van der Waals surface area contributed by atoms with E-state index >= 15 is 0 Å². The molecule has 2 rings (SSSR count). The third-order valence-electron chi connectivity index (χ3n) is 3.59. The molecule has 0 aliphatic heterocycles. The first-order valence-electron chi connectivity index (χ1n) is 8.49. The van der Waals surface area contributed by atoms with Gasteiger partial charge in [0.2, 0.25) is 5.91 Å². The third kappa shape index (κ3) is 7.14. The van der Waals surface area contributed by atoms with Crippen molar-refractivity contribution in [1.82, 2.24) is 5.32 Å². The Labute approximate surface area is 164 Å². The van der Waals surface area contributed by atoms with Gasteiger partial charge in [-0.05, 0) is 61.7 Å². The first kappa shape index (κ1) is 20.4. The molecular weight excluding hydrogens is 373 g/mol. The van der Waals surface area contributed by atoms with Crippen molar-refractivity contribution in [2.75, 3.05) is 19.8 Å². The van der Waals surface area contributed by atoms with Crippen LogP contribution in [0.2, 0.25) is 10.0 Å². The van der Waals surface area contributed by atoms with Gasteiger partial charge in [0.15, 0.2) is 0 Å². The van der Waals surface area contributed by atoms with E-state index in [2.05, 4.69) is 11.4 Å². The maximum absolute atomic E-state index is 11.8. The van der Waals surface area contributed by atoms with Crippen LogP contribution >= 0.6 is 23.2 Å². The van der Waals surface area contributed by atoms with E-state index < -0.39 is 0 Å². The molecule has 0 aliphatic carbocycles. The van der Waals surface area contributed by atoms with Gasteiger partial charge in [-0.15, -0.1) is 0 Å². The van der Waals surface area contributed by atoms with Crippen LogP contribution in [0.4, 0.5) is 0 Å². The van der Waals surface area contributed by atoms with E-state index in [0.717, 1.165) is 16.9 Å². The van der Waals surface area contributed by atoms with Crippen LogP contribution in [0.3, 0.4) is 0 Å². The molecule has 6 heteroatoms. The molecule has 0 radical (unpaired) electrons. The minimum absolute atomic E-state index is 0.0279. The molecule has 140 valence electrons. The summed E-state index contributed by atoms with van der Waals surface area (Å²) in [6.07, 6.45) is 0.984. The first-order chi connectivity index (χ1) is 12.4. The van der Waals surface area contributed by atoms with E-state index in [0.29, 0.717) is 48.4 Å². The lowest BCUT2D eigenvalue weighted by molar-refractivity contribution is -0.121. The van der Waals surface area contributed by atoms with Gasteiger partial charge in [0.05, 0.1) is 18.2 Å². The minimum Gasteiger partial charge on any atom is -0.492 e. The first-order valence-corrected chi connectivity index (χ1v) is 9.25. The molecule has 0 fully saturated rings. The van der Waals surface area contributed by atoms with Crippen LogP contribution < -0.4 is 14.8 Å². The van der Waals surface area contributed by atoms with Gasteiger partial charge >= 0.3 is 0 Å². The molecule has 2 aromatic rings. The highest BCUT2D eigenvalue weighted by molar-refractivity contribution is 6.35. The molecule has 0 unspecified atom stereocenters. The van der Waals surface area contributed by atoms with Crippen molar-refractivity contribution < 1.29 is 14.3 Å². The van der Waals surface area contributed by atoms with Crippen molar-refractivity contribution in [1.29, 1.82) is 0 Å². The summed E-state index contributed by atoms with van der Waals surface area (Å²) in [5, 5.41) is 3.86. The molecule has 2 aromatic carbocycles. The zero-order chi connectivity index (χ0) is 18.9. The van der Waals surface area contributed by atoms with E-state index in [1.165, 1.54) is 0 Å². The number of nitrogens with one attached hydrogen (secondary N) is 1. The van der Waals surface area contributed by atoms with Crippen molar-refractivity contribution in [3.8, 4) is 11.5 Å². The fourth-order valence-electron chi connectivity index (χ4n) is 2.47. The highest BCUT2D eigenvalue weighted by atomic mass is 35.5. The minimum atomic E-state index is -0.0279. The van der Waals surface area contributed by atoms with Crippen molar-refractivity contribution >= 4 is 29.1 Å². The standard InChI is InChI=1S/C20H23Cl2NO3/c1-14-10-15(2)12-17(11-14)25-9-7-23-20(24)4-3-8-26-19-6-5-16(21)13-18(19)22/h5-6,10-13H,3-4,7-9H2,1-2H3,(H,23,24). The van der Waals surface area contributed by atoms with Gasteiger partial charge in [0.1, 0.15) is 18.1 Å². The molecule has 0 saturated carbocycles. The predicted octanol–water partition coefficient (Wildman–Crippen LogP) is 4.96. The largest absolute Gasteiger partial charge is 0.492 e. The summed E-state index contributed by atoms with van der Waals surface area (Å²) in [5.74, 6) is 1.36. The molecule has 26 heavy (non-hydrogen) atoms. The lowest BCUT2D eigenvalue weighted by Crippen LogP contribution is -2.28. The Hall–Kier alpha value is -1.91. The maximum atomic E-state index is 11.8. The lowest BCUT2D eigenvalue weighted by atomic mass is 10.1. The monoisotopic (exact) mass is 395 g/mol. The quantitative estimate of drug-likeness (QED) is 0.610. The number of hydrogen-bond donors (Lipinski definition) is 1. The molecule has 4 nitrogen and oxygen atoms in total. The number of carbonyl (C=O) groups is 1. The average molecular weight is 396 g/mol. The zero-order valence-electron chi connectivity index (χ0n) is 15.0. The molecule has 0 aromatic heterocycles. The molecule has 1 N–H and O–H groups in total. The highest BCUT2D eigenvalue weighted by Crippen LogP contribution is 2.27. The summed E-state index contributed by atoms with van der Waals surface area (Å²) in [6.45, 7) is 5.37. The van der Waals surface area contributed by atoms with Gasteiger partial charge in [-0.25, -0.2) is 0 Å². The van der Waals surface area contributed by atoms with Crippen LogP contribution in [0.1, 0.15) is 24.0 Å². The molecule has 0 atom stereocenters. The van der Waals surface area contributed by atoms with E-state index in [-0.39, 0.29) is 5.91 Å². The Balaban J connectivity index is 1.59. The highest BCUT2D eigenvalue weighted by Gasteiger charge is 2.05. The molecule has 0 saturated heterocycles. The van der Waals surface area contributed by atoms with Crippen LogP contribution in [0.5, 0.6) is 11.5 Å². The number of hydrogen-bond acceptors (Lipinski definition) is 3. The molecule has 1 amide bonds. The van der Waals surface area contributed by atoms with Crippen molar-refractivity contribution in [2.45, 2.75) is 26.7 Å². The van der Waals surface area contributed by atoms with Crippen LogP contribution in [0.25, 0.3) is 0 Å². The zero-order valence-corrected chi connectivity index (χ0v) is 16.5. The van der Waals surface area contributed by atoms with E-state index in [1.807, 2.05) is 26.0 Å². The van der Waals surface area contributed by atoms with Crippen molar-refractivity contribution in [3.05, 3.63) is 57.6 Å². The number of halogens is 2. The van der Waals surface area contributed by atoms with Crippen LogP contribution in [-0.2, 0) is 4.79 Å². The Morgan fingerprint density at radius 3 is 2.42 bits per heavy atom. The SMILES string of the molecule is Cc1cc(C)cc(OCCNC(=O)CCCOc2ccc(Cl)cc2Cl)c1. The van der Waals surface area contributed by atoms with Gasteiger partial charge < -0.3 is 14.8 Å². The van der Waals surface area contributed by atoms with Crippen LogP contribution in [0, 0.1) is 13.8 Å². The van der Waals surface area contributed by atoms with Crippen molar-refractivity contribution in [2.24, 2.45) is 0 Å². The molecule has 0 heterocycles. The summed E-state index contributed by atoms with van der Waals surface area (Å²) in [6, 6.07) is 11.1. The summed E-state index contributed by atoms with van der Waals surface area (Å²) in [7, 11) is 0. The number of amides is 1. The number of aryl methyl sites for hydroxylation is 2. The fraction of sp³-hybridized carbons (Fsp3) is 0.350. The van der Waals surface area contributed by atoms with Gasteiger partial charge in [0, 0.05) is 11.4 Å². The maximum Gasteiger partial charge on any atom is 0.220 e. The second-order valence-corrected chi connectivity index (χ2v) is 6.89. The molecule has 0 aliphatic rings. The van der Waals surface area contributed by atoms with Gasteiger partial charge in [0.25, 0.3) is 0 Å². The van der Waals surface area contributed by atoms with E-state index in [9.17, 15) is 4.79 Å². The number of benzene rings is 2. The number of carbonyl (C=O) groups excluding carboxylic acids is 1. The van der Waals surface area contributed by atoms with E-state index in [4.69, 9.17) is 32.7 Å². The number of rotatable bonds is 9. The summed E-state index contributed by atoms with van der Waals surface area (Å²) in [5.41, 5.74) is 2.31. The average Bonchev–Trinajstić information content (AvgIpc) is 2.56. The molecule has 0 spiro atoms. The summed E-state index contributed by atoms with van der Waals surface area (Å²) >= 11 is 11.9. The van der Waals surface area contributed by atoms with Gasteiger partial charge in [-0.1, -0.05) is 29.3 Å². The molecule has 0 bridgehead atoms. The lowest BCUT2D eigenvalue weighted by Gasteiger charge is -2.10. The fourth-order valence-corrected chi connectivity index (χ4v) is 2.93. The smallest absolute Gasteiger partial charge is 0.220 e. The van der Waals surface area contributed by atoms with E-state index in [1.54, 1.807) is 18.2 Å². The predicted molar refractivity (Wildman–Crippen MR) is 106 cm³/mol. The summed E-state index contributed by atoms with van der Waals surface area (Å²) in [4.78, 5) is 11.8. The Morgan fingerprint density at radius 1 is 1.00 bits per heavy atom. The second-order valence-electron chi connectivity index (χ2n) is 6.05. The Bertz CT molecular complexity index is 730. The second kappa shape index (κ2) is 10.3. The van der Waals surface area contributed by atoms with Gasteiger partial charge in [-0.3, -0.25) is 4.79 Å². The molecular formula is C20H23Cl2NO3. The van der Waals surface area contributed by atoms with Crippen LogP contribution in [-0.4, -0.2) is 25.7 Å². The van der Waals surface area contributed by atoms with Crippen LogP contribution in [0.15, 0.2) is 36.4 Å². The topological polar surface area (TPSA) is 47.6 Å². The normalized spacial score (nSPS) is 10.5. The van der Waals surface area contributed by atoms with Crippen molar-refractivity contribution in [3.63, 3.8) is 0 Å². The third-order valence-corrected chi connectivity index (χ3v) is 4.12.